The lowest BCUT2D eigenvalue weighted by Gasteiger charge is -2.16. The molecule has 14 aromatic rings. The van der Waals surface area contributed by atoms with E-state index in [1.165, 1.54) is 70.2 Å². The fraction of sp³-hybridized carbons (Fsp3) is 0. The average Bonchev–Trinajstić information content (AvgIpc) is 3.86. The zero-order valence-electron chi connectivity index (χ0n) is 33.4. The average molecular weight is 787 g/mol. The second-order valence-corrected chi connectivity index (χ2v) is 16.5. The SMILES string of the molecule is c1ccc(-n2c3ccccc3c3ccc(-c4nc5c(ccc6ccccc65)nc4-n4c5ccc6c7ccccc7c7ccccc7c6c5c5ccc6ccccc6c54)cc32)cc1. The molecule has 0 N–H and O–H groups in total. The van der Waals surface area contributed by atoms with Crippen molar-refractivity contribution in [2.45, 2.75) is 0 Å². The van der Waals surface area contributed by atoms with E-state index in [2.05, 4.69) is 215 Å². The van der Waals surface area contributed by atoms with Crippen LogP contribution in [0.25, 0.3) is 131 Å². The zero-order valence-corrected chi connectivity index (χ0v) is 33.4. The summed E-state index contributed by atoms with van der Waals surface area (Å²) < 4.78 is 4.80. The Hall–Kier alpha value is -8.34. The van der Waals surface area contributed by atoms with E-state index in [9.17, 15) is 0 Å². The monoisotopic (exact) mass is 786 g/mol. The van der Waals surface area contributed by atoms with Gasteiger partial charge in [0, 0.05) is 49.0 Å². The van der Waals surface area contributed by atoms with Crippen molar-refractivity contribution >= 4 is 109 Å². The first kappa shape index (κ1) is 33.5. The van der Waals surface area contributed by atoms with Gasteiger partial charge in [0.1, 0.15) is 5.69 Å². The van der Waals surface area contributed by atoms with Crippen LogP contribution >= 0.6 is 0 Å². The van der Waals surface area contributed by atoms with E-state index in [0.717, 1.165) is 61.1 Å². The Bertz CT molecular complexity index is 4180. The molecule has 0 atom stereocenters. The van der Waals surface area contributed by atoms with Crippen LogP contribution in [-0.2, 0) is 0 Å². The maximum Gasteiger partial charge on any atom is 0.165 e. The third-order valence-corrected chi connectivity index (χ3v) is 13.2. The summed E-state index contributed by atoms with van der Waals surface area (Å²) in [5.74, 6) is 0.801. The van der Waals surface area contributed by atoms with Crippen molar-refractivity contribution in [3.05, 3.63) is 206 Å². The van der Waals surface area contributed by atoms with Gasteiger partial charge in [0.2, 0.25) is 0 Å². The summed E-state index contributed by atoms with van der Waals surface area (Å²) in [6.07, 6.45) is 0. The highest BCUT2D eigenvalue weighted by Crippen LogP contribution is 2.46. The number of hydrogen-bond donors (Lipinski definition) is 0. The molecule has 0 fully saturated rings. The molecule has 62 heavy (non-hydrogen) atoms. The van der Waals surface area contributed by atoms with Crippen LogP contribution in [0.1, 0.15) is 0 Å². The van der Waals surface area contributed by atoms with Gasteiger partial charge in [0.25, 0.3) is 0 Å². The Kier molecular flexibility index (Phi) is 6.80. The largest absolute Gasteiger partial charge is 0.309 e. The maximum absolute atomic E-state index is 5.75. The van der Waals surface area contributed by atoms with Gasteiger partial charge in [-0.15, -0.1) is 0 Å². The molecule has 0 saturated heterocycles. The van der Waals surface area contributed by atoms with Crippen LogP contribution in [0.3, 0.4) is 0 Å². The lowest BCUT2D eigenvalue weighted by Crippen LogP contribution is -2.04. The third-order valence-electron chi connectivity index (χ3n) is 13.2. The normalized spacial score (nSPS) is 12.2. The molecule has 4 heteroatoms. The topological polar surface area (TPSA) is 35.6 Å². The summed E-state index contributed by atoms with van der Waals surface area (Å²) in [6, 6.07) is 74.8. The Morgan fingerprint density at radius 1 is 0.323 bits per heavy atom. The minimum atomic E-state index is 0.801. The van der Waals surface area contributed by atoms with Gasteiger partial charge < -0.3 is 4.57 Å². The van der Waals surface area contributed by atoms with Crippen LogP contribution in [0.15, 0.2) is 206 Å². The molecule has 0 radical (unpaired) electrons. The molecular formula is C58H34N4. The first-order valence-electron chi connectivity index (χ1n) is 21.3. The van der Waals surface area contributed by atoms with Gasteiger partial charge in [-0.1, -0.05) is 170 Å². The Morgan fingerprint density at radius 3 is 1.68 bits per heavy atom. The lowest BCUT2D eigenvalue weighted by molar-refractivity contribution is 1.08. The van der Waals surface area contributed by atoms with Crippen molar-refractivity contribution in [3.8, 4) is 22.8 Å². The van der Waals surface area contributed by atoms with E-state index in [0.29, 0.717) is 0 Å². The number of nitrogens with zero attached hydrogens (tertiary/aromatic N) is 4. The molecule has 0 amide bonds. The number of aromatic nitrogens is 4. The van der Waals surface area contributed by atoms with Crippen molar-refractivity contribution in [1.29, 1.82) is 0 Å². The summed E-state index contributed by atoms with van der Waals surface area (Å²) in [5, 5.41) is 16.9. The van der Waals surface area contributed by atoms with Crippen molar-refractivity contribution in [3.63, 3.8) is 0 Å². The van der Waals surface area contributed by atoms with Gasteiger partial charge in [-0.25, -0.2) is 9.97 Å². The molecule has 3 heterocycles. The molecule has 286 valence electrons. The highest BCUT2D eigenvalue weighted by Gasteiger charge is 2.25. The van der Waals surface area contributed by atoms with Crippen LogP contribution in [0.5, 0.6) is 0 Å². The summed E-state index contributed by atoms with van der Waals surface area (Å²) in [7, 11) is 0. The van der Waals surface area contributed by atoms with E-state index in [-0.39, 0.29) is 0 Å². The van der Waals surface area contributed by atoms with Gasteiger partial charge in [0.05, 0.1) is 33.1 Å². The minimum absolute atomic E-state index is 0.801. The fourth-order valence-corrected chi connectivity index (χ4v) is 10.6. The van der Waals surface area contributed by atoms with Crippen LogP contribution < -0.4 is 0 Å². The molecule has 11 aromatic carbocycles. The predicted octanol–water partition coefficient (Wildman–Crippen LogP) is 15.3. The number of fused-ring (bicyclic) bond motifs is 18. The van der Waals surface area contributed by atoms with Gasteiger partial charge in [-0.2, -0.15) is 0 Å². The van der Waals surface area contributed by atoms with Gasteiger partial charge in [-0.3, -0.25) is 4.57 Å². The lowest BCUT2D eigenvalue weighted by atomic mass is 9.91. The molecule has 3 aromatic heterocycles. The third kappa shape index (κ3) is 4.55. The number of hydrogen-bond acceptors (Lipinski definition) is 2. The summed E-state index contributed by atoms with van der Waals surface area (Å²) in [5.41, 5.74) is 9.20. The van der Waals surface area contributed by atoms with E-state index in [4.69, 9.17) is 9.97 Å². The molecule has 0 spiro atoms. The van der Waals surface area contributed by atoms with E-state index < -0.39 is 0 Å². The molecule has 14 rings (SSSR count). The molecule has 0 bridgehead atoms. The molecule has 0 aliphatic rings. The quantitative estimate of drug-likeness (QED) is 0.167. The molecule has 4 nitrogen and oxygen atoms in total. The summed E-state index contributed by atoms with van der Waals surface area (Å²) in [6.45, 7) is 0. The Morgan fingerprint density at radius 2 is 0.887 bits per heavy atom. The van der Waals surface area contributed by atoms with E-state index in [1.54, 1.807) is 0 Å². The molecular weight excluding hydrogens is 753 g/mol. The smallest absolute Gasteiger partial charge is 0.165 e. The predicted molar refractivity (Wildman–Crippen MR) is 261 cm³/mol. The molecule has 0 aliphatic heterocycles. The van der Waals surface area contributed by atoms with Crippen molar-refractivity contribution in [2.75, 3.05) is 0 Å². The second-order valence-electron chi connectivity index (χ2n) is 16.5. The standard InChI is InChI=1S/C58H34N4/c1-2-16-38(17-3-1)61-50-25-13-12-23-44(50)45-29-27-37(34-52(45)61)55-58(59-49-32-28-35-14-4-6-18-39(35)56(49)60-55)62-51-33-31-47-43-22-9-8-20-41(43)42-21-10-11-24-46(42)53(47)54(51)48-30-26-36-15-5-7-19-40(36)57(48)62/h1-34H. The minimum Gasteiger partial charge on any atom is -0.309 e. The summed E-state index contributed by atoms with van der Waals surface area (Å²) >= 11 is 0. The molecule has 0 unspecified atom stereocenters. The molecule has 0 aliphatic carbocycles. The summed E-state index contributed by atoms with van der Waals surface area (Å²) in [4.78, 5) is 11.5. The molecule has 0 saturated carbocycles. The number of benzene rings is 11. The van der Waals surface area contributed by atoms with Crippen LogP contribution in [0.2, 0.25) is 0 Å². The van der Waals surface area contributed by atoms with E-state index >= 15 is 0 Å². The number of para-hydroxylation sites is 2. The van der Waals surface area contributed by atoms with Crippen LogP contribution in [0.4, 0.5) is 0 Å². The number of rotatable bonds is 3. The van der Waals surface area contributed by atoms with Crippen molar-refractivity contribution < 1.29 is 0 Å². The Labute approximate surface area is 355 Å². The first-order chi connectivity index (χ1) is 30.8. The zero-order chi connectivity index (χ0) is 40.5. The van der Waals surface area contributed by atoms with Gasteiger partial charge in [-0.05, 0) is 74.1 Å². The highest BCUT2D eigenvalue weighted by atomic mass is 15.1. The Balaban J connectivity index is 1.18. The van der Waals surface area contributed by atoms with Crippen LogP contribution in [-0.4, -0.2) is 19.1 Å². The van der Waals surface area contributed by atoms with Crippen LogP contribution in [0, 0.1) is 0 Å². The first-order valence-corrected chi connectivity index (χ1v) is 21.3. The highest BCUT2D eigenvalue weighted by molar-refractivity contribution is 6.36. The maximum atomic E-state index is 5.75. The van der Waals surface area contributed by atoms with Crippen molar-refractivity contribution in [1.82, 2.24) is 19.1 Å². The fourth-order valence-electron chi connectivity index (χ4n) is 10.6. The van der Waals surface area contributed by atoms with E-state index in [1.807, 2.05) is 0 Å². The van der Waals surface area contributed by atoms with Gasteiger partial charge in [0.15, 0.2) is 5.82 Å². The van der Waals surface area contributed by atoms with Crippen molar-refractivity contribution in [2.24, 2.45) is 0 Å². The van der Waals surface area contributed by atoms with Gasteiger partial charge >= 0.3 is 0 Å². The second kappa shape index (κ2) is 12.6.